The second kappa shape index (κ2) is 5.39. The molecule has 0 radical (unpaired) electrons. The molecule has 4 heteroatoms. The lowest BCUT2D eigenvalue weighted by Gasteiger charge is -2.35. The molecule has 19 heavy (non-hydrogen) atoms. The van der Waals surface area contributed by atoms with Crippen LogP contribution in [0.15, 0.2) is 18.2 Å². The zero-order valence-corrected chi connectivity index (χ0v) is 11.8. The molecule has 1 fully saturated rings. The predicted molar refractivity (Wildman–Crippen MR) is 74.6 cm³/mol. The van der Waals surface area contributed by atoms with E-state index in [9.17, 15) is 0 Å². The van der Waals surface area contributed by atoms with Crippen LogP contribution in [-0.4, -0.2) is 49.8 Å². The molecule has 0 spiro atoms. The van der Waals surface area contributed by atoms with Crippen LogP contribution in [0.2, 0.25) is 0 Å². The summed E-state index contributed by atoms with van der Waals surface area (Å²) in [6, 6.07) is 6.95. The summed E-state index contributed by atoms with van der Waals surface area (Å²) in [6.07, 6.45) is 2.52. The normalized spacial score (nSPS) is 20.2. The van der Waals surface area contributed by atoms with Crippen molar-refractivity contribution in [2.75, 3.05) is 34.0 Å². The van der Waals surface area contributed by atoms with Crippen molar-refractivity contribution in [1.29, 1.82) is 0 Å². The molecule has 104 valence electrons. The Bertz CT molecular complexity index is 442. The van der Waals surface area contributed by atoms with Crippen LogP contribution in [0.25, 0.3) is 0 Å². The van der Waals surface area contributed by atoms with Crippen LogP contribution in [-0.2, 0) is 6.54 Å². The van der Waals surface area contributed by atoms with E-state index in [4.69, 9.17) is 9.47 Å². The number of nitrogens with zero attached hydrogens (tertiary/aromatic N) is 2. The van der Waals surface area contributed by atoms with Gasteiger partial charge in [-0.15, -0.1) is 0 Å². The van der Waals surface area contributed by atoms with Gasteiger partial charge in [-0.05, 0) is 57.7 Å². The van der Waals surface area contributed by atoms with E-state index in [1.807, 2.05) is 6.07 Å². The Hall–Kier alpha value is -1.26. The Morgan fingerprint density at radius 2 is 1.95 bits per heavy atom. The number of hydrogen-bond acceptors (Lipinski definition) is 4. The summed E-state index contributed by atoms with van der Waals surface area (Å²) >= 11 is 0. The molecule has 3 rings (SSSR count). The van der Waals surface area contributed by atoms with E-state index in [0.717, 1.165) is 18.0 Å². The molecule has 0 atom stereocenters. The van der Waals surface area contributed by atoms with E-state index in [0.29, 0.717) is 12.8 Å². The van der Waals surface area contributed by atoms with Gasteiger partial charge in [0.25, 0.3) is 0 Å². The average Bonchev–Trinajstić information content (AvgIpc) is 2.87. The summed E-state index contributed by atoms with van der Waals surface area (Å²) in [5.41, 5.74) is 1.30. The molecule has 1 aromatic rings. The van der Waals surface area contributed by atoms with E-state index in [2.05, 4.69) is 36.0 Å². The minimum absolute atomic E-state index is 0.351. The Morgan fingerprint density at radius 1 is 1.21 bits per heavy atom. The van der Waals surface area contributed by atoms with Crippen molar-refractivity contribution in [3.05, 3.63) is 23.8 Å². The number of hydrogen-bond donors (Lipinski definition) is 0. The van der Waals surface area contributed by atoms with Gasteiger partial charge in [0, 0.05) is 12.6 Å². The summed E-state index contributed by atoms with van der Waals surface area (Å²) in [5, 5.41) is 0. The molecule has 0 aliphatic carbocycles. The first-order valence-corrected chi connectivity index (χ1v) is 6.99. The van der Waals surface area contributed by atoms with E-state index >= 15 is 0 Å². The summed E-state index contributed by atoms with van der Waals surface area (Å²) in [7, 11) is 4.43. The van der Waals surface area contributed by atoms with Crippen molar-refractivity contribution >= 4 is 0 Å². The van der Waals surface area contributed by atoms with Crippen molar-refractivity contribution in [3.63, 3.8) is 0 Å². The van der Waals surface area contributed by atoms with E-state index in [1.54, 1.807) is 0 Å². The molecule has 2 heterocycles. The number of ether oxygens (including phenoxy) is 2. The molecule has 0 amide bonds. The number of benzene rings is 1. The number of piperidine rings is 1. The summed E-state index contributed by atoms with van der Waals surface area (Å²) in [5.74, 6) is 1.75. The summed E-state index contributed by atoms with van der Waals surface area (Å²) < 4.78 is 10.8. The smallest absolute Gasteiger partial charge is 0.231 e. The predicted octanol–water partition coefficient (Wildman–Crippen LogP) is 1.94. The van der Waals surface area contributed by atoms with Gasteiger partial charge < -0.3 is 14.4 Å². The maximum absolute atomic E-state index is 5.43. The van der Waals surface area contributed by atoms with Gasteiger partial charge >= 0.3 is 0 Å². The monoisotopic (exact) mass is 262 g/mol. The fourth-order valence-corrected chi connectivity index (χ4v) is 2.89. The Labute approximate surface area is 114 Å². The highest BCUT2D eigenvalue weighted by atomic mass is 16.7. The molecule has 0 N–H and O–H groups in total. The van der Waals surface area contributed by atoms with Crippen molar-refractivity contribution in [2.24, 2.45) is 0 Å². The third-order valence-corrected chi connectivity index (χ3v) is 4.18. The zero-order valence-electron chi connectivity index (χ0n) is 11.8. The average molecular weight is 262 g/mol. The standard InChI is InChI=1S/C15H22N2O2/c1-16-7-5-13(6-8-16)17(2)10-12-3-4-14-15(9-12)19-11-18-14/h3-4,9,13H,5-8,10-11H2,1-2H3. The van der Waals surface area contributed by atoms with Gasteiger partial charge in [-0.1, -0.05) is 6.07 Å². The van der Waals surface area contributed by atoms with Gasteiger partial charge in [0.2, 0.25) is 6.79 Å². The van der Waals surface area contributed by atoms with E-state index in [1.165, 1.54) is 31.5 Å². The molecule has 4 nitrogen and oxygen atoms in total. The molecule has 1 saturated heterocycles. The van der Waals surface area contributed by atoms with Crippen LogP contribution >= 0.6 is 0 Å². The van der Waals surface area contributed by atoms with Crippen molar-refractivity contribution in [3.8, 4) is 11.5 Å². The third-order valence-electron chi connectivity index (χ3n) is 4.18. The first kappa shape index (κ1) is 12.8. The molecule has 1 aromatic carbocycles. The SMILES string of the molecule is CN1CCC(N(C)Cc2ccc3c(c2)OCO3)CC1. The Kier molecular flexibility index (Phi) is 3.62. The fraction of sp³-hybridized carbons (Fsp3) is 0.600. The van der Waals surface area contributed by atoms with Crippen molar-refractivity contribution in [1.82, 2.24) is 9.80 Å². The lowest BCUT2D eigenvalue weighted by Crippen LogP contribution is -2.41. The number of rotatable bonds is 3. The molecule has 2 aliphatic heterocycles. The second-order valence-electron chi connectivity index (χ2n) is 5.64. The first-order chi connectivity index (χ1) is 9.22. The zero-order chi connectivity index (χ0) is 13.2. The second-order valence-corrected chi connectivity index (χ2v) is 5.64. The first-order valence-electron chi connectivity index (χ1n) is 6.99. The third kappa shape index (κ3) is 2.85. The number of fused-ring (bicyclic) bond motifs is 1. The lowest BCUT2D eigenvalue weighted by molar-refractivity contribution is 0.139. The van der Waals surface area contributed by atoms with Crippen LogP contribution in [0.3, 0.4) is 0 Å². The van der Waals surface area contributed by atoms with Gasteiger partial charge in [-0.2, -0.15) is 0 Å². The molecule has 0 aromatic heterocycles. The highest BCUT2D eigenvalue weighted by Gasteiger charge is 2.21. The van der Waals surface area contributed by atoms with Gasteiger partial charge in [0.1, 0.15) is 0 Å². The van der Waals surface area contributed by atoms with Crippen molar-refractivity contribution in [2.45, 2.75) is 25.4 Å². The molecular formula is C15H22N2O2. The molecule has 2 aliphatic rings. The highest BCUT2D eigenvalue weighted by Crippen LogP contribution is 2.33. The quantitative estimate of drug-likeness (QED) is 0.831. The van der Waals surface area contributed by atoms with Crippen LogP contribution < -0.4 is 9.47 Å². The van der Waals surface area contributed by atoms with Crippen LogP contribution in [0, 0.1) is 0 Å². The van der Waals surface area contributed by atoms with Crippen LogP contribution in [0.4, 0.5) is 0 Å². The molecule has 0 unspecified atom stereocenters. The van der Waals surface area contributed by atoms with Crippen LogP contribution in [0.1, 0.15) is 18.4 Å². The molecule has 0 bridgehead atoms. The summed E-state index contributed by atoms with van der Waals surface area (Å²) in [4.78, 5) is 4.87. The Balaban J connectivity index is 1.61. The van der Waals surface area contributed by atoms with Crippen LogP contribution in [0.5, 0.6) is 11.5 Å². The van der Waals surface area contributed by atoms with E-state index < -0.39 is 0 Å². The number of likely N-dealkylation sites (tertiary alicyclic amines) is 1. The Morgan fingerprint density at radius 3 is 2.74 bits per heavy atom. The van der Waals surface area contributed by atoms with Gasteiger partial charge in [-0.25, -0.2) is 0 Å². The summed E-state index contributed by atoms with van der Waals surface area (Å²) in [6.45, 7) is 3.74. The maximum atomic E-state index is 5.43. The fourth-order valence-electron chi connectivity index (χ4n) is 2.89. The topological polar surface area (TPSA) is 24.9 Å². The van der Waals surface area contributed by atoms with Gasteiger partial charge in [-0.3, -0.25) is 4.90 Å². The lowest BCUT2D eigenvalue weighted by atomic mass is 10.0. The highest BCUT2D eigenvalue weighted by molar-refractivity contribution is 5.44. The maximum Gasteiger partial charge on any atom is 0.231 e. The largest absolute Gasteiger partial charge is 0.454 e. The van der Waals surface area contributed by atoms with Gasteiger partial charge in [0.15, 0.2) is 11.5 Å². The molecular weight excluding hydrogens is 240 g/mol. The van der Waals surface area contributed by atoms with E-state index in [-0.39, 0.29) is 0 Å². The van der Waals surface area contributed by atoms with Gasteiger partial charge in [0.05, 0.1) is 0 Å². The van der Waals surface area contributed by atoms with Crippen molar-refractivity contribution < 1.29 is 9.47 Å². The minimum Gasteiger partial charge on any atom is -0.454 e. The molecule has 0 saturated carbocycles. The minimum atomic E-state index is 0.351.